The summed E-state index contributed by atoms with van der Waals surface area (Å²) >= 11 is 0. The fourth-order valence-electron chi connectivity index (χ4n) is 3.46. The van der Waals surface area contributed by atoms with Gasteiger partial charge in [0.05, 0.1) is 6.04 Å². The highest BCUT2D eigenvalue weighted by Gasteiger charge is 2.25. The molecule has 0 aromatic heterocycles. The lowest BCUT2D eigenvalue weighted by Crippen LogP contribution is -2.33. The zero-order valence-electron chi connectivity index (χ0n) is 12.8. The monoisotopic (exact) mass is 281 g/mol. The summed E-state index contributed by atoms with van der Waals surface area (Å²) in [5, 5.41) is 10.2. The van der Waals surface area contributed by atoms with Crippen LogP contribution in [-0.4, -0.2) is 11.7 Å². The summed E-state index contributed by atoms with van der Waals surface area (Å²) in [6.07, 6.45) is 3.33. The van der Waals surface area contributed by atoms with Crippen LogP contribution in [0.3, 0.4) is 0 Å². The topological polar surface area (TPSA) is 23.5 Å². The Morgan fingerprint density at radius 3 is 2.76 bits per heavy atom. The van der Waals surface area contributed by atoms with Crippen LogP contribution in [0.2, 0.25) is 0 Å². The van der Waals surface area contributed by atoms with E-state index in [4.69, 9.17) is 0 Å². The van der Waals surface area contributed by atoms with E-state index in [2.05, 4.69) is 36.9 Å². The number of fused-ring (bicyclic) bond motifs is 1. The summed E-state index contributed by atoms with van der Waals surface area (Å²) in [6, 6.07) is 14.7. The Kier molecular flexibility index (Phi) is 3.87. The van der Waals surface area contributed by atoms with Crippen molar-refractivity contribution in [3.8, 4) is 5.75 Å². The summed E-state index contributed by atoms with van der Waals surface area (Å²) < 4.78 is 0. The molecule has 2 heteroatoms. The van der Waals surface area contributed by atoms with Crippen molar-refractivity contribution in [2.24, 2.45) is 0 Å². The highest BCUT2D eigenvalue weighted by atomic mass is 16.3. The van der Waals surface area contributed by atoms with Gasteiger partial charge in [-0.2, -0.15) is 0 Å². The predicted octanol–water partition coefficient (Wildman–Crippen LogP) is 4.60. The average molecular weight is 281 g/mol. The molecule has 1 atom stereocenters. The number of anilines is 1. The second kappa shape index (κ2) is 5.80. The molecule has 0 radical (unpaired) electrons. The summed E-state index contributed by atoms with van der Waals surface area (Å²) in [4.78, 5) is 2.47. The second-order valence-corrected chi connectivity index (χ2v) is 5.91. The molecule has 2 aromatic carbocycles. The van der Waals surface area contributed by atoms with Gasteiger partial charge in [0.25, 0.3) is 0 Å². The van der Waals surface area contributed by atoms with E-state index < -0.39 is 0 Å². The van der Waals surface area contributed by atoms with E-state index in [1.807, 2.05) is 18.2 Å². The molecule has 1 aliphatic rings. The standard InChI is InChI=1S/C19H23NO/c1-3-17(16-8-4-5-9-19(16)21)20-12-6-7-15-13-14(2)10-11-18(15)20/h4-5,8-11,13,17,21H,3,6-7,12H2,1-2H3. The number of hydrogen-bond donors (Lipinski definition) is 1. The Hall–Kier alpha value is -1.96. The molecule has 1 aliphatic heterocycles. The first-order valence-corrected chi connectivity index (χ1v) is 7.84. The smallest absolute Gasteiger partial charge is 0.120 e. The van der Waals surface area contributed by atoms with Crippen molar-refractivity contribution in [3.05, 3.63) is 59.2 Å². The Morgan fingerprint density at radius 2 is 2.00 bits per heavy atom. The third kappa shape index (κ3) is 2.63. The van der Waals surface area contributed by atoms with Gasteiger partial charge in [0.1, 0.15) is 5.75 Å². The van der Waals surface area contributed by atoms with E-state index >= 15 is 0 Å². The first-order valence-electron chi connectivity index (χ1n) is 7.84. The lowest BCUT2D eigenvalue weighted by atomic mass is 9.94. The van der Waals surface area contributed by atoms with Gasteiger partial charge < -0.3 is 10.0 Å². The van der Waals surface area contributed by atoms with Crippen LogP contribution in [0.15, 0.2) is 42.5 Å². The Bertz CT molecular complexity index is 635. The van der Waals surface area contributed by atoms with Gasteiger partial charge >= 0.3 is 0 Å². The first-order chi connectivity index (χ1) is 10.2. The summed E-state index contributed by atoms with van der Waals surface area (Å²) in [7, 11) is 0. The summed E-state index contributed by atoms with van der Waals surface area (Å²) in [5.74, 6) is 0.406. The van der Waals surface area contributed by atoms with E-state index in [1.54, 1.807) is 6.07 Å². The van der Waals surface area contributed by atoms with Crippen molar-refractivity contribution in [2.75, 3.05) is 11.4 Å². The van der Waals surface area contributed by atoms with Crippen LogP contribution in [0.5, 0.6) is 5.75 Å². The minimum Gasteiger partial charge on any atom is -0.508 e. The molecule has 3 rings (SSSR count). The van der Waals surface area contributed by atoms with E-state index in [0.717, 1.165) is 24.9 Å². The number of aromatic hydroxyl groups is 1. The summed E-state index contributed by atoms with van der Waals surface area (Å²) in [5.41, 5.74) is 5.14. The largest absolute Gasteiger partial charge is 0.508 e. The van der Waals surface area contributed by atoms with Gasteiger partial charge in [-0.1, -0.05) is 42.8 Å². The molecular weight excluding hydrogens is 258 g/mol. The van der Waals surface area contributed by atoms with E-state index in [0.29, 0.717) is 5.75 Å². The molecule has 0 spiro atoms. The minimum absolute atomic E-state index is 0.243. The molecule has 1 N–H and O–H groups in total. The van der Waals surface area contributed by atoms with Crippen LogP contribution in [0.25, 0.3) is 0 Å². The molecule has 2 aromatic rings. The molecule has 1 unspecified atom stereocenters. The molecule has 0 aliphatic carbocycles. The quantitative estimate of drug-likeness (QED) is 0.888. The highest BCUT2D eigenvalue weighted by Crippen LogP contribution is 2.38. The Labute approximate surface area is 127 Å². The van der Waals surface area contributed by atoms with Gasteiger partial charge in [0.15, 0.2) is 0 Å². The fourth-order valence-corrected chi connectivity index (χ4v) is 3.46. The van der Waals surface area contributed by atoms with Gasteiger partial charge in [-0.3, -0.25) is 0 Å². The van der Waals surface area contributed by atoms with E-state index in [1.165, 1.54) is 23.2 Å². The maximum absolute atomic E-state index is 10.2. The van der Waals surface area contributed by atoms with Crippen molar-refractivity contribution in [3.63, 3.8) is 0 Å². The molecule has 0 bridgehead atoms. The number of nitrogens with zero attached hydrogens (tertiary/aromatic N) is 1. The second-order valence-electron chi connectivity index (χ2n) is 5.91. The molecule has 0 fully saturated rings. The SMILES string of the molecule is CCC(c1ccccc1O)N1CCCc2cc(C)ccc21. The molecule has 2 nitrogen and oxygen atoms in total. The minimum atomic E-state index is 0.243. The number of para-hydroxylation sites is 1. The van der Waals surface area contributed by atoms with Gasteiger partial charge in [-0.15, -0.1) is 0 Å². The number of hydrogen-bond acceptors (Lipinski definition) is 2. The molecule has 1 heterocycles. The van der Waals surface area contributed by atoms with Gasteiger partial charge in [0.2, 0.25) is 0 Å². The first kappa shape index (κ1) is 14.0. The number of phenols is 1. The van der Waals surface area contributed by atoms with E-state index in [-0.39, 0.29) is 6.04 Å². The molecular formula is C19H23NO. The van der Waals surface area contributed by atoms with Gasteiger partial charge in [-0.05, 0) is 43.9 Å². The molecule has 21 heavy (non-hydrogen) atoms. The van der Waals surface area contributed by atoms with Crippen LogP contribution < -0.4 is 4.90 Å². The predicted molar refractivity (Wildman–Crippen MR) is 88.0 cm³/mol. The van der Waals surface area contributed by atoms with Crippen molar-refractivity contribution >= 4 is 5.69 Å². The molecule has 110 valence electrons. The third-order valence-corrected chi connectivity index (χ3v) is 4.45. The van der Waals surface area contributed by atoms with Gasteiger partial charge in [0, 0.05) is 17.8 Å². The molecule has 0 amide bonds. The van der Waals surface area contributed by atoms with Crippen molar-refractivity contribution in [1.29, 1.82) is 0 Å². The number of rotatable bonds is 3. The molecule has 0 saturated carbocycles. The van der Waals surface area contributed by atoms with Crippen molar-refractivity contribution in [2.45, 2.75) is 39.2 Å². The summed E-state index contributed by atoms with van der Waals surface area (Å²) in [6.45, 7) is 5.40. The van der Waals surface area contributed by atoms with Crippen LogP contribution >= 0.6 is 0 Å². The van der Waals surface area contributed by atoms with Crippen LogP contribution in [-0.2, 0) is 6.42 Å². The van der Waals surface area contributed by atoms with Crippen LogP contribution in [0, 0.1) is 6.92 Å². The maximum atomic E-state index is 10.2. The van der Waals surface area contributed by atoms with Crippen LogP contribution in [0.4, 0.5) is 5.69 Å². The molecule has 0 saturated heterocycles. The zero-order chi connectivity index (χ0) is 14.8. The number of benzene rings is 2. The lowest BCUT2D eigenvalue weighted by Gasteiger charge is -2.38. The number of phenolic OH excluding ortho intramolecular Hbond substituents is 1. The zero-order valence-corrected chi connectivity index (χ0v) is 12.8. The third-order valence-electron chi connectivity index (χ3n) is 4.45. The fraction of sp³-hybridized carbons (Fsp3) is 0.368. The Balaban J connectivity index is 2.02. The average Bonchev–Trinajstić information content (AvgIpc) is 2.49. The van der Waals surface area contributed by atoms with Crippen LogP contribution in [0.1, 0.15) is 42.5 Å². The van der Waals surface area contributed by atoms with E-state index in [9.17, 15) is 5.11 Å². The lowest BCUT2D eigenvalue weighted by molar-refractivity contribution is 0.453. The van der Waals surface area contributed by atoms with Crippen molar-refractivity contribution in [1.82, 2.24) is 0 Å². The Morgan fingerprint density at radius 1 is 1.19 bits per heavy atom. The van der Waals surface area contributed by atoms with Crippen molar-refractivity contribution < 1.29 is 5.11 Å². The highest BCUT2D eigenvalue weighted by molar-refractivity contribution is 5.59. The number of aryl methyl sites for hydroxylation is 2. The normalized spacial score (nSPS) is 15.6. The maximum Gasteiger partial charge on any atom is 0.120 e. The van der Waals surface area contributed by atoms with Gasteiger partial charge in [-0.25, -0.2) is 0 Å².